The third-order valence-corrected chi connectivity index (χ3v) is 5.76. The van der Waals surface area contributed by atoms with E-state index in [2.05, 4.69) is 4.98 Å². The second kappa shape index (κ2) is 8.97. The average Bonchev–Trinajstić information content (AvgIpc) is 3.12. The highest BCUT2D eigenvalue weighted by molar-refractivity contribution is 8.00. The molecule has 28 heavy (non-hydrogen) atoms. The first kappa shape index (κ1) is 22.2. The van der Waals surface area contributed by atoms with Crippen molar-refractivity contribution in [3.63, 3.8) is 0 Å². The molecule has 0 unspecified atom stereocenters. The number of rotatable bonds is 6. The molecule has 2 aromatic rings. The minimum atomic E-state index is -4.69. The second-order valence-electron chi connectivity index (χ2n) is 6.60. The molecule has 0 aliphatic heterocycles. The number of carbonyl (C=O) groups is 1. The zero-order chi connectivity index (χ0) is 21.1. The molecule has 2 aromatic heterocycles. The van der Waals surface area contributed by atoms with Gasteiger partial charge in [-0.05, 0) is 45.2 Å². The van der Waals surface area contributed by atoms with E-state index in [1.54, 1.807) is 28.5 Å². The van der Waals surface area contributed by atoms with Crippen LogP contribution in [0.2, 0.25) is 0 Å². The molecule has 9 heteroatoms. The number of hydrogen-bond acceptors (Lipinski definition) is 5. The number of carbonyl (C=O) groups excluding carboxylic acids is 1. The summed E-state index contributed by atoms with van der Waals surface area (Å²) in [5.74, 6) is -0.306. The zero-order valence-electron chi connectivity index (χ0n) is 15.9. The first-order valence-electron chi connectivity index (χ1n) is 8.56. The molecule has 0 spiro atoms. The first-order valence-corrected chi connectivity index (χ1v) is 10.4. The van der Waals surface area contributed by atoms with Crippen LogP contribution in [-0.2, 0) is 11.0 Å². The van der Waals surface area contributed by atoms with Crippen molar-refractivity contribution >= 4 is 29.0 Å². The number of thioether (sulfide) groups is 1. The number of halogens is 3. The first-order chi connectivity index (χ1) is 13.1. The van der Waals surface area contributed by atoms with Gasteiger partial charge in [-0.15, -0.1) is 11.3 Å². The molecule has 0 radical (unpaired) electrons. The summed E-state index contributed by atoms with van der Waals surface area (Å²) >= 11 is 2.12. The molecule has 4 nitrogen and oxygen atoms in total. The van der Waals surface area contributed by atoms with Crippen LogP contribution < -0.4 is 0 Å². The van der Waals surface area contributed by atoms with Crippen LogP contribution in [-0.4, -0.2) is 33.6 Å². The maximum absolute atomic E-state index is 13.5. The van der Waals surface area contributed by atoms with E-state index in [9.17, 15) is 23.2 Å². The molecule has 0 N–H and O–H groups in total. The number of alkyl halides is 3. The second-order valence-corrected chi connectivity index (χ2v) is 8.51. The molecule has 0 aliphatic rings. The minimum absolute atomic E-state index is 0.0420. The molecule has 0 fully saturated rings. The van der Waals surface area contributed by atoms with Crippen molar-refractivity contribution in [3.05, 3.63) is 34.7 Å². The van der Waals surface area contributed by atoms with Crippen molar-refractivity contribution in [2.45, 2.75) is 51.0 Å². The lowest BCUT2D eigenvalue weighted by Gasteiger charge is -2.30. The third kappa shape index (κ3) is 5.06. The Bertz CT molecular complexity index is 864. The Morgan fingerprint density at radius 1 is 1.32 bits per heavy atom. The number of pyridine rings is 1. The lowest BCUT2D eigenvalue weighted by Crippen LogP contribution is -2.43. The Morgan fingerprint density at radius 2 is 1.96 bits per heavy atom. The predicted molar refractivity (Wildman–Crippen MR) is 105 cm³/mol. The standard InChI is InChI=1S/C19H20F3N3OS2/c1-11(2)25(12(3)4)17(26)10-28-18-13(9-23)14(19(20,21)22)8-15(24-18)16-6-5-7-27-16/h5-8,11-12H,10H2,1-4H3. The largest absolute Gasteiger partial charge is 0.417 e. The maximum Gasteiger partial charge on any atom is 0.417 e. The van der Waals surface area contributed by atoms with Gasteiger partial charge in [-0.25, -0.2) is 4.98 Å². The number of aromatic nitrogens is 1. The quantitative estimate of drug-likeness (QED) is 0.576. The van der Waals surface area contributed by atoms with Crippen molar-refractivity contribution in [2.75, 3.05) is 5.75 Å². The number of nitrogens with zero attached hydrogens (tertiary/aromatic N) is 3. The Labute approximate surface area is 170 Å². The summed E-state index contributed by atoms with van der Waals surface area (Å²) in [6.07, 6.45) is -4.69. The van der Waals surface area contributed by atoms with Gasteiger partial charge in [-0.3, -0.25) is 4.79 Å². The average molecular weight is 428 g/mol. The highest BCUT2D eigenvalue weighted by Crippen LogP contribution is 2.38. The Hall–Kier alpha value is -2.05. The molecule has 1 amide bonds. The summed E-state index contributed by atoms with van der Waals surface area (Å²) in [5.41, 5.74) is -1.44. The van der Waals surface area contributed by atoms with E-state index >= 15 is 0 Å². The van der Waals surface area contributed by atoms with E-state index in [1.807, 2.05) is 27.7 Å². The normalized spacial score (nSPS) is 11.7. The molecule has 0 saturated heterocycles. The maximum atomic E-state index is 13.5. The third-order valence-electron chi connectivity index (χ3n) is 3.91. The van der Waals surface area contributed by atoms with Gasteiger partial charge < -0.3 is 4.90 Å². The Kier molecular flexibility index (Phi) is 7.12. The lowest BCUT2D eigenvalue weighted by atomic mass is 10.1. The summed E-state index contributed by atoms with van der Waals surface area (Å²) in [6, 6.07) is 5.81. The SMILES string of the molecule is CC(C)N(C(=O)CSc1nc(-c2cccs2)cc(C(F)(F)F)c1C#N)C(C)C. The summed E-state index contributed by atoms with van der Waals surface area (Å²) in [4.78, 5) is 19.1. The summed E-state index contributed by atoms with van der Waals surface area (Å²) < 4.78 is 40.5. The van der Waals surface area contributed by atoms with E-state index in [0.29, 0.717) is 4.88 Å². The highest BCUT2D eigenvalue weighted by Gasteiger charge is 2.36. The molecule has 0 bridgehead atoms. The monoisotopic (exact) mass is 427 g/mol. The van der Waals surface area contributed by atoms with Gasteiger partial charge in [0.15, 0.2) is 0 Å². The lowest BCUT2D eigenvalue weighted by molar-refractivity contribution is -0.138. The van der Waals surface area contributed by atoms with Crippen LogP contribution >= 0.6 is 23.1 Å². The molecular weight excluding hydrogens is 407 g/mol. The fraction of sp³-hybridized carbons (Fsp3) is 0.421. The van der Waals surface area contributed by atoms with Gasteiger partial charge in [0.05, 0.1) is 27.5 Å². The van der Waals surface area contributed by atoms with Gasteiger partial charge in [0.1, 0.15) is 11.1 Å². The van der Waals surface area contributed by atoms with Gasteiger partial charge in [0.2, 0.25) is 5.91 Å². The van der Waals surface area contributed by atoms with Crippen LogP contribution in [0, 0.1) is 11.3 Å². The molecule has 150 valence electrons. The highest BCUT2D eigenvalue weighted by atomic mass is 32.2. The number of hydrogen-bond donors (Lipinski definition) is 0. The van der Waals surface area contributed by atoms with Crippen LogP contribution in [0.3, 0.4) is 0 Å². The van der Waals surface area contributed by atoms with Crippen molar-refractivity contribution in [2.24, 2.45) is 0 Å². The molecule has 2 rings (SSSR count). The van der Waals surface area contributed by atoms with Gasteiger partial charge in [0, 0.05) is 12.1 Å². The Balaban J connectivity index is 2.44. The topological polar surface area (TPSA) is 57.0 Å². The van der Waals surface area contributed by atoms with Crippen LogP contribution in [0.15, 0.2) is 28.6 Å². The fourth-order valence-electron chi connectivity index (χ4n) is 2.89. The Morgan fingerprint density at radius 3 is 2.43 bits per heavy atom. The van der Waals surface area contributed by atoms with E-state index in [4.69, 9.17) is 0 Å². The van der Waals surface area contributed by atoms with Gasteiger partial charge >= 0.3 is 6.18 Å². The van der Waals surface area contributed by atoms with E-state index < -0.39 is 17.3 Å². The van der Waals surface area contributed by atoms with Crippen LogP contribution in [0.25, 0.3) is 10.6 Å². The fourth-order valence-corrected chi connectivity index (χ4v) is 4.44. The van der Waals surface area contributed by atoms with Gasteiger partial charge in [-0.1, -0.05) is 17.8 Å². The van der Waals surface area contributed by atoms with E-state index in [-0.39, 0.29) is 34.5 Å². The molecular formula is C19H20F3N3OS2. The summed E-state index contributed by atoms with van der Waals surface area (Å²) in [5, 5.41) is 11.0. The smallest absolute Gasteiger partial charge is 0.337 e. The summed E-state index contributed by atoms with van der Waals surface area (Å²) in [7, 11) is 0. The predicted octanol–water partition coefficient (Wildman–Crippen LogP) is 5.44. The minimum Gasteiger partial charge on any atom is -0.337 e. The zero-order valence-corrected chi connectivity index (χ0v) is 17.5. The molecule has 0 saturated carbocycles. The van der Waals surface area contributed by atoms with E-state index in [0.717, 1.165) is 17.8 Å². The van der Waals surface area contributed by atoms with Crippen LogP contribution in [0.5, 0.6) is 0 Å². The van der Waals surface area contributed by atoms with Crippen molar-refractivity contribution in [3.8, 4) is 16.6 Å². The van der Waals surface area contributed by atoms with Crippen molar-refractivity contribution in [1.82, 2.24) is 9.88 Å². The van der Waals surface area contributed by atoms with Crippen LogP contribution in [0.1, 0.15) is 38.8 Å². The van der Waals surface area contributed by atoms with Gasteiger partial charge in [-0.2, -0.15) is 18.4 Å². The molecule has 2 heterocycles. The van der Waals surface area contributed by atoms with Crippen molar-refractivity contribution < 1.29 is 18.0 Å². The van der Waals surface area contributed by atoms with Gasteiger partial charge in [0.25, 0.3) is 0 Å². The number of thiophene rings is 1. The number of nitriles is 1. The van der Waals surface area contributed by atoms with Crippen molar-refractivity contribution in [1.29, 1.82) is 5.26 Å². The summed E-state index contributed by atoms with van der Waals surface area (Å²) in [6.45, 7) is 7.50. The molecule has 0 aliphatic carbocycles. The van der Waals surface area contributed by atoms with Crippen LogP contribution in [0.4, 0.5) is 13.2 Å². The molecule has 0 atom stereocenters. The number of amides is 1. The van der Waals surface area contributed by atoms with E-state index in [1.165, 1.54) is 11.3 Å². The molecule has 0 aromatic carbocycles.